The van der Waals surface area contributed by atoms with E-state index in [1.807, 2.05) is 18.2 Å². The van der Waals surface area contributed by atoms with Crippen LogP contribution in [0.2, 0.25) is 0 Å². The molecule has 0 saturated carbocycles. The largest absolute Gasteiger partial charge is 0.497 e. The maximum absolute atomic E-state index is 12.9. The van der Waals surface area contributed by atoms with E-state index in [0.717, 1.165) is 36.5 Å². The van der Waals surface area contributed by atoms with Crippen LogP contribution in [-0.4, -0.2) is 31.6 Å². The van der Waals surface area contributed by atoms with Crippen LogP contribution in [0.1, 0.15) is 31.9 Å². The molecule has 1 aromatic heterocycles. The average Bonchev–Trinajstić information content (AvgIpc) is 3.15. The van der Waals surface area contributed by atoms with Crippen molar-refractivity contribution in [2.24, 2.45) is 0 Å². The minimum absolute atomic E-state index is 0. The summed E-state index contributed by atoms with van der Waals surface area (Å²) < 4.78 is 10.5. The predicted octanol–water partition coefficient (Wildman–Crippen LogP) is 4.87. The Hall–Kier alpha value is -3.05. The minimum Gasteiger partial charge on any atom is -0.497 e. The first-order chi connectivity index (χ1) is 15.1. The van der Waals surface area contributed by atoms with Crippen LogP contribution in [-0.2, 0) is 19.5 Å². The number of halogens is 1. The molecule has 0 fully saturated rings. The third kappa shape index (κ3) is 5.05. The van der Waals surface area contributed by atoms with Gasteiger partial charge in [0.2, 0.25) is 0 Å². The second-order valence-corrected chi connectivity index (χ2v) is 8.43. The van der Waals surface area contributed by atoms with Crippen molar-refractivity contribution in [1.29, 1.82) is 5.26 Å². The molecule has 0 atom stereocenters. The summed E-state index contributed by atoms with van der Waals surface area (Å²) in [5.41, 5.74) is 3.30. The lowest BCUT2D eigenvalue weighted by atomic mass is 10.0. The second kappa shape index (κ2) is 10.5. The Balaban J connectivity index is 0.00000289. The second-order valence-electron chi connectivity index (χ2n) is 7.32. The first kappa shape index (κ1) is 23.6. The zero-order valence-electron chi connectivity index (χ0n) is 17.9. The maximum Gasteiger partial charge on any atom is 0.256 e. The predicted molar refractivity (Wildman–Crippen MR) is 128 cm³/mol. The Morgan fingerprint density at radius 2 is 1.84 bits per heavy atom. The van der Waals surface area contributed by atoms with Crippen LogP contribution in [0.15, 0.2) is 48.5 Å². The van der Waals surface area contributed by atoms with Gasteiger partial charge in [-0.1, -0.05) is 30.3 Å². The highest BCUT2D eigenvalue weighted by Gasteiger charge is 2.25. The Labute approximate surface area is 197 Å². The number of nitrogens with zero attached hydrogens (tertiary/aromatic N) is 2. The van der Waals surface area contributed by atoms with Crippen molar-refractivity contribution >= 4 is 34.7 Å². The van der Waals surface area contributed by atoms with E-state index in [1.54, 1.807) is 32.4 Å². The number of ether oxygens (including phenoxy) is 2. The SMILES string of the molecule is COc1cc(OC)cc(C(=O)Nc2sc3c(c2C#N)CCN(Cc2ccccc2)C3)c1.Cl. The van der Waals surface area contributed by atoms with Gasteiger partial charge in [-0.05, 0) is 29.7 Å². The minimum atomic E-state index is -0.298. The molecular formula is C24H24ClN3O3S. The third-order valence-corrected chi connectivity index (χ3v) is 6.47. The molecule has 0 bridgehead atoms. The fourth-order valence-electron chi connectivity index (χ4n) is 3.75. The van der Waals surface area contributed by atoms with Gasteiger partial charge >= 0.3 is 0 Å². The highest BCUT2D eigenvalue weighted by Crippen LogP contribution is 2.37. The van der Waals surface area contributed by atoms with Crippen LogP contribution in [0.25, 0.3) is 0 Å². The van der Waals surface area contributed by atoms with Crippen molar-refractivity contribution in [2.75, 3.05) is 26.1 Å². The first-order valence-electron chi connectivity index (χ1n) is 9.96. The Morgan fingerprint density at radius 1 is 1.16 bits per heavy atom. The van der Waals surface area contributed by atoms with E-state index < -0.39 is 0 Å². The number of nitriles is 1. The van der Waals surface area contributed by atoms with Crippen LogP contribution in [0.5, 0.6) is 11.5 Å². The molecule has 1 aliphatic heterocycles. The molecule has 1 aliphatic rings. The number of carbonyl (C=O) groups is 1. The van der Waals surface area contributed by atoms with Crippen LogP contribution >= 0.6 is 23.7 Å². The fraction of sp³-hybridized carbons (Fsp3) is 0.250. The van der Waals surface area contributed by atoms with Crippen molar-refractivity contribution in [3.05, 3.63) is 75.7 Å². The normalized spacial score (nSPS) is 12.8. The monoisotopic (exact) mass is 469 g/mol. The molecule has 0 aliphatic carbocycles. The number of amides is 1. The molecule has 0 radical (unpaired) electrons. The molecule has 0 saturated heterocycles. The van der Waals surface area contributed by atoms with E-state index in [9.17, 15) is 10.1 Å². The Morgan fingerprint density at radius 3 is 2.47 bits per heavy atom. The number of fused-ring (bicyclic) bond motifs is 1. The number of benzene rings is 2. The Kier molecular flexibility index (Phi) is 7.75. The molecule has 3 aromatic rings. The summed E-state index contributed by atoms with van der Waals surface area (Å²) in [6.45, 7) is 2.52. The van der Waals surface area contributed by atoms with Gasteiger partial charge in [0.15, 0.2) is 0 Å². The molecular weight excluding hydrogens is 446 g/mol. The summed E-state index contributed by atoms with van der Waals surface area (Å²) in [4.78, 5) is 16.4. The standard InChI is InChI=1S/C24H23N3O3S.ClH/c1-29-18-10-17(11-19(12-18)30-2)23(28)26-24-21(13-25)20-8-9-27(15-22(20)31-24)14-16-6-4-3-5-7-16;/h3-7,10-12H,8-9,14-15H2,1-2H3,(H,26,28);1H. The summed E-state index contributed by atoms with van der Waals surface area (Å²) in [5, 5.41) is 13.3. The van der Waals surface area contributed by atoms with Gasteiger partial charge < -0.3 is 14.8 Å². The van der Waals surface area contributed by atoms with Gasteiger partial charge in [-0.3, -0.25) is 9.69 Å². The zero-order chi connectivity index (χ0) is 21.8. The van der Waals surface area contributed by atoms with Gasteiger partial charge in [-0.2, -0.15) is 5.26 Å². The van der Waals surface area contributed by atoms with Gasteiger partial charge in [0, 0.05) is 36.1 Å². The number of thiophene rings is 1. The number of methoxy groups -OCH3 is 2. The molecule has 32 heavy (non-hydrogen) atoms. The zero-order valence-corrected chi connectivity index (χ0v) is 19.5. The molecule has 0 spiro atoms. The van der Waals surface area contributed by atoms with Gasteiger partial charge in [-0.25, -0.2) is 0 Å². The van der Waals surface area contributed by atoms with Crippen molar-refractivity contribution in [3.8, 4) is 17.6 Å². The van der Waals surface area contributed by atoms with Gasteiger partial charge in [0.1, 0.15) is 22.6 Å². The molecule has 6 nitrogen and oxygen atoms in total. The van der Waals surface area contributed by atoms with E-state index in [2.05, 4.69) is 28.4 Å². The van der Waals surface area contributed by atoms with Crippen molar-refractivity contribution < 1.29 is 14.3 Å². The van der Waals surface area contributed by atoms with Crippen LogP contribution < -0.4 is 14.8 Å². The quantitative estimate of drug-likeness (QED) is 0.557. The van der Waals surface area contributed by atoms with E-state index in [-0.39, 0.29) is 18.3 Å². The summed E-state index contributed by atoms with van der Waals surface area (Å²) in [7, 11) is 3.08. The summed E-state index contributed by atoms with van der Waals surface area (Å²) in [5.74, 6) is 0.771. The number of nitrogens with one attached hydrogen (secondary N) is 1. The highest BCUT2D eigenvalue weighted by atomic mass is 35.5. The number of rotatable bonds is 6. The van der Waals surface area contributed by atoms with Gasteiger partial charge in [-0.15, -0.1) is 23.7 Å². The lowest BCUT2D eigenvalue weighted by molar-refractivity contribution is 0.102. The van der Waals surface area contributed by atoms with Crippen LogP contribution in [0.3, 0.4) is 0 Å². The maximum atomic E-state index is 12.9. The molecule has 2 aromatic carbocycles. The lowest BCUT2D eigenvalue weighted by Gasteiger charge is -2.26. The summed E-state index contributed by atoms with van der Waals surface area (Å²) >= 11 is 1.49. The smallest absolute Gasteiger partial charge is 0.256 e. The Bertz CT molecular complexity index is 1120. The summed E-state index contributed by atoms with van der Waals surface area (Å²) in [6.07, 6.45) is 0.796. The van der Waals surface area contributed by atoms with Crippen molar-refractivity contribution in [2.45, 2.75) is 19.5 Å². The van der Waals surface area contributed by atoms with E-state index in [0.29, 0.717) is 27.6 Å². The van der Waals surface area contributed by atoms with Crippen LogP contribution in [0, 0.1) is 11.3 Å². The van der Waals surface area contributed by atoms with Crippen molar-refractivity contribution in [1.82, 2.24) is 4.90 Å². The molecule has 1 amide bonds. The van der Waals surface area contributed by atoms with Gasteiger partial charge in [0.25, 0.3) is 5.91 Å². The van der Waals surface area contributed by atoms with E-state index in [4.69, 9.17) is 9.47 Å². The first-order valence-corrected chi connectivity index (χ1v) is 10.8. The number of anilines is 1. The molecule has 166 valence electrons. The van der Waals surface area contributed by atoms with E-state index in [1.165, 1.54) is 16.9 Å². The molecule has 1 N–H and O–H groups in total. The van der Waals surface area contributed by atoms with Gasteiger partial charge in [0.05, 0.1) is 19.8 Å². The number of carbonyl (C=O) groups excluding carboxylic acids is 1. The average molecular weight is 470 g/mol. The number of hydrogen-bond donors (Lipinski definition) is 1. The lowest BCUT2D eigenvalue weighted by Crippen LogP contribution is -2.29. The van der Waals surface area contributed by atoms with Crippen LogP contribution in [0.4, 0.5) is 5.00 Å². The molecule has 8 heteroatoms. The highest BCUT2D eigenvalue weighted by molar-refractivity contribution is 7.16. The summed E-state index contributed by atoms with van der Waals surface area (Å²) in [6, 6.07) is 17.7. The number of hydrogen-bond acceptors (Lipinski definition) is 6. The third-order valence-electron chi connectivity index (χ3n) is 5.34. The topological polar surface area (TPSA) is 74.6 Å². The molecule has 0 unspecified atom stereocenters. The van der Waals surface area contributed by atoms with Crippen molar-refractivity contribution in [3.63, 3.8) is 0 Å². The molecule has 2 heterocycles. The van der Waals surface area contributed by atoms with E-state index >= 15 is 0 Å². The fourth-order valence-corrected chi connectivity index (χ4v) is 4.99. The molecule has 4 rings (SSSR count).